The molecule has 0 aliphatic carbocycles. The van der Waals surface area contributed by atoms with Gasteiger partial charge in [0.25, 0.3) is 5.69 Å². The second kappa shape index (κ2) is 5.50. The number of benzene rings is 2. The molecule has 4 nitrogen and oxygen atoms in total. The maximum Gasteiger partial charge on any atom is 0.283 e. The summed E-state index contributed by atoms with van der Waals surface area (Å²) < 4.78 is 12.8. The fraction of sp³-hybridized carbons (Fsp3) is 0. The lowest BCUT2D eigenvalue weighted by atomic mass is 10.2. The molecular formula is C13H7FN2O2S. The lowest BCUT2D eigenvalue weighted by Crippen LogP contribution is -1.91. The van der Waals surface area contributed by atoms with Crippen LogP contribution < -0.4 is 0 Å². The fourth-order valence-electron chi connectivity index (χ4n) is 1.45. The van der Waals surface area contributed by atoms with E-state index in [2.05, 4.69) is 0 Å². The molecule has 0 spiro atoms. The van der Waals surface area contributed by atoms with Gasteiger partial charge >= 0.3 is 0 Å². The van der Waals surface area contributed by atoms with Crippen molar-refractivity contribution >= 4 is 17.4 Å². The predicted octanol–water partition coefficient (Wildman–Crippen LogP) is 3.76. The Morgan fingerprint density at radius 1 is 1.21 bits per heavy atom. The molecule has 0 N–H and O–H groups in total. The fourth-order valence-corrected chi connectivity index (χ4v) is 2.40. The molecule has 2 rings (SSSR count). The van der Waals surface area contributed by atoms with E-state index >= 15 is 0 Å². The minimum Gasteiger partial charge on any atom is -0.258 e. The average molecular weight is 274 g/mol. The van der Waals surface area contributed by atoms with Gasteiger partial charge in [-0.05, 0) is 36.4 Å². The summed E-state index contributed by atoms with van der Waals surface area (Å²) in [4.78, 5) is 11.4. The summed E-state index contributed by atoms with van der Waals surface area (Å²) in [6, 6.07) is 11.7. The Balaban J connectivity index is 2.40. The van der Waals surface area contributed by atoms with Crippen LogP contribution in [0.1, 0.15) is 5.56 Å². The van der Waals surface area contributed by atoms with Gasteiger partial charge in [0, 0.05) is 11.0 Å². The third kappa shape index (κ3) is 3.09. The largest absolute Gasteiger partial charge is 0.283 e. The Morgan fingerprint density at radius 3 is 2.47 bits per heavy atom. The molecule has 0 aromatic heterocycles. The molecule has 0 aliphatic heterocycles. The minimum atomic E-state index is -0.507. The van der Waals surface area contributed by atoms with Crippen LogP contribution in [0, 0.1) is 27.3 Å². The normalized spacial score (nSPS) is 9.89. The number of nitro groups is 1. The molecule has 0 atom stereocenters. The molecule has 6 heteroatoms. The highest BCUT2D eigenvalue weighted by Crippen LogP contribution is 2.35. The summed E-state index contributed by atoms with van der Waals surface area (Å²) in [5.41, 5.74) is 0.267. The maximum atomic E-state index is 12.8. The third-order valence-electron chi connectivity index (χ3n) is 2.33. The number of hydrogen-bond acceptors (Lipinski definition) is 4. The second-order valence-corrected chi connectivity index (χ2v) is 4.72. The van der Waals surface area contributed by atoms with E-state index in [9.17, 15) is 14.5 Å². The number of nitriles is 1. The van der Waals surface area contributed by atoms with Crippen LogP contribution in [0.5, 0.6) is 0 Å². The van der Waals surface area contributed by atoms with Gasteiger partial charge in [0.05, 0.1) is 21.5 Å². The van der Waals surface area contributed by atoms with Crippen molar-refractivity contribution in [2.24, 2.45) is 0 Å². The van der Waals surface area contributed by atoms with Crippen molar-refractivity contribution < 1.29 is 9.31 Å². The van der Waals surface area contributed by atoms with Crippen molar-refractivity contribution in [3.63, 3.8) is 0 Å². The Morgan fingerprint density at radius 2 is 1.89 bits per heavy atom. The summed E-state index contributed by atoms with van der Waals surface area (Å²) in [6.07, 6.45) is 0. The first kappa shape index (κ1) is 13.1. The van der Waals surface area contributed by atoms with E-state index in [0.717, 1.165) is 11.8 Å². The van der Waals surface area contributed by atoms with Crippen LogP contribution in [0.25, 0.3) is 0 Å². The third-order valence-corrected chi connectivity index (χ3v) is 3.38. The first-order valence-corrected chi connectivity index (χ1v) is 6.04. The van der Waals surface area contributed by atoms with Crippen molar-refractivity contribution in [3.8, 4) is 6.07 Å². The van der Waals surface area contributed by atoms with Crippen LogP contribution in [0.4, 0.5) is 10.1 Å². The second-order valence-electron chi connectivity index (χ2n) is 3.61. The molecule has 0 saturated carbocycles. The lowest BCUT2D eigenvalue weighted by Gasteiger charge is -2.03. The summed E-state index contributed by atoms with van der Waals surface area (Å²) >= 11 is 1.12. The zero-order valence-corrected chi connectivity index (χ0v) is 10.4. The molecular weight excluding hydrogens is 267 g/mol. The number of halogens is 1. The molecule has 2 aromatic rings. The Kier molecular flexibility index (Phi) is 3.78. The molecule has 2 aromatic carbocycles. The van der Waals surface area contributed by atoms with E-state index in [4.69, 9.17) is 5.26 Å². The molecule has 0 fully saturated rings. The predicted molar refractivity (Wildman–Crippen MR) is 68.3 cm³/mol. The van der Waals surface area contributed by atoms with Crippen molar-refractivity contribution in [2.45, 2.75) is 9.79 Å². The van der Waals surface area contributed by atoms with E-state index in [1.807, 2.05) is 6.07 Å². The standard InChI is InChI=1S/C13H7FN2O2S/c14-10-2-4-11(5-3-10)19-13-7-9(8-15)1-6-12(13)16(17)18/h1-7H. The molecule has 19 heavy (non-hydrogen) atoms. The van der Waals surface area contributed by atoms with Gasteiger partial charge < -0.3 is 0 Å². The van der Waals surface area contributed by atoms with Crippen LogP contribution >= 0.6 is 11.8 Å². The van der Waals surface area contributed by atoms with Gasteiger partial charge in [-0.2, -0.15) is 5.26 Å². The molecule has 94 valence electrons. The summed E-state index contributed by atoms with van der Waals surface area (Å²) in [5, 5.41) is 19.7. The van der Waals surface area contributed by atoms with E-state index in [1.165, 1.54) is 42.5 Å². The monoisotopic (exact) mass is 274 g/mol. The Labute approximate surface area is 112 Å². The van der Waals surface area contributed by atoms with Gasteiger partial charge in [-0.1, -0.05) is 11.8 Å². The Hall–Kier alpha value is -2.39. The Bertz CT molecular complexity index is 665. The zero-order chi connectivity index (χ0) is 13.8. The highest BCUT2D eigenvalue weighted by molar-refractivity contribution is 7.99. The van der Waals surface area contributed by atoms with Gasteiger partial charge in [-0.3, -0.25) is 10.1 Å². The van der Waals surface area contributed by atoms with Crippen LogP contribution in [-0.2, 0) is 0 Å². The number of hydrogen-bond donors (Lipinski definition) is 0. The highest BCUT2D eigenvalue weighted by Gasteiger charge is 2.15. The maximum absolute atomic E-state index is 12.8. The van der Waals surface area contributed by atoms with Gasteiger partial charge in [-0.25, -0.2) is 4.39 Å². The summed E-state index contributed by atoms with van der Waals surface area (Å²) in [6.45, 7) is 0. The first-order valence-electron chi connectivity index (χ1n) is 5.22. The van der Waals surface area contributed by atoms with E-state index in [1.54, 1.807) is 0 Å². The molecule has 0 amide bonds. The first-order chi connectivity index (χ1) is 9.10. The van der Waals surface area contributed by atoms with Gasteiger partial charge in [-0.15, -0.1) is 0 Å². The molecule has 0 heterocycles. The highest BCUT2D eigenvalue weighted by atomic mass is 32.2. The zero-order valence-electron chi connectivity index (χ0n) is 9.54. The minimum absolute atomic E-state index is 0.0756. The summed E-state index contributed by atoms with van der Waals surface area (Å²) in [5.74, 6) is -0.371. The SMILES string of the molecule is N#Cc1ccc([N+](=O)[O-])c(Sc2ccc(F)cc2)c1. The van der Waals surface area contributed by atoms with Crippen LogP contribution in [-0.4, -0.2) is 4.92 Å². The summed E-state index contributed by atoms with van der Waals surface area (Å²) in [7, 11) is 0. The van der Waals surface area contributed by atoms with Crippen molar-refractivity contribution in [1.82, 2.24) is 0 Å². The van der Waals surface area contributed by atoms with Crippen molar-refractivity contribution in [3.05, 3.63) is 64.0 Å². The van der Waals surface area contributed by atoms with Gasteiger partial charge in [0.1, 0.15) is 5.82 Å². The average Bonchev–Trinajstić information content (AvgIpc) is 2.41. The van der Waals surface area contributed by atoms with Crippen LogP contribution in [0.3, 0.4) is 0 Å². The van der Waals surface area contributed by atoms with Crippen LogP contribution in [0.2, 0.25) is 0 Å². The topological polar surface area (TPSA) is 66.9 Å². The smallest absolute Gasteiger partial charge is 0.258 e. The van der Waals surface area contributed by atoms with Crippen molar-refractivity contribution in [2.75, 3.05) is 0 Å². The molecule has 0 bridgehead atoms. The van der Waals surface area contributed by atoms with Gasteiger partial charge in [0.15, 0.2) is 0 Å². The molecule has 0 unspecified atom stereocenters. The van der Waals surface area contributed by atoms with E-state index < -0.39 is 4.92 Å². The number of nitrogens with zero attached hydrogens (tertiary/aromatic N) is 2. The number of rotatable bonds is 3. The lowest BCUT2D eigenvalue weighted by molar-refractivity contribution is -0.387. The van der Waals surface area contributed by atoms with E-state index in [-0.39, 0.29) is 11.5 Å². The quantitative estimate of drug-likeness (QED) is 0.631. The molecule has 0 saturated heterocycles. The van der Waals surface area contributed by atoms with Crippen molar-refractivity contribution in [1.29, 1.82) is 5.26 Å². The molecule has 0 radical (unpaired) electrons. The van der Waals surface area contributed by atoms with Crippen LogP contribution in [0.15, 0.2) is 52.3 Å². The van der Waals surface area contributed by atoms with Gasteiger partial charge in [0.2, 0.25) is 0 Å². The molecule has 0 aliphatic rings. The number of nitro benzene ring substituents is 1. The van der Waals surface area contributed by atoms with E-state index in [0.29, 0.717) is 15.4 Å².